The van der Waals surface area contributed by atoms with Crippen LogP contribution in [0, 0.1) is 19.3 Å². The summed E-state index contributed by atoms with van der Waals surface area (Å²) in [6, 6.07) is 6.46. The molecule has 2 saturated heterocycles. The van der Waals surface area contributed by atoms with Crippen molar-refractivity contribution in [3.05, 3.63) is 71.6 Å². The van der Waals surface area contributed by atoms with Gasteiger partial charge in [-0.1, -0.05) is 58.9 Å². The summed E-state index contributed by atoms with van der Waals surface area (Å²) in [5, 5.41) is 12.6. The summed E-state index contributed by atoms with van der Waals surface area (Å²) >= 11 is 0. The van der Waals surface area contributed by atoms with Crippen LogP contribution in [0.4, 0.5) is 0 Å². The first-order chi connectivity index (χ1) is 17.3. The Balaban J connectivity index is 0.00000154. The lowest BCUT2D eigenvalue weighted by Crippen LogP contribution is -2.43. The van der Waals surface area contributed by atoms with Crippen molar-refractivity contribution in [2.45, 2.75) is 91.3 Å². The molecule has 2 N–H and O–H groups in total. The number of rotatable bonds is 9. The molecule has 0 bridgehead atoms. The SMILES string of the molecule is C#Cc1ccc(C2COC3(CCN(C(=C)/C=C\C(=C)NCCCC(C)O)CC3)C2)cc1C.CC.CC. The van der Waals surface area contributed by atoms with Crippen molar-refractivity contribution >= 4 is 0 Å². The number of aliphatic hydroxyl groups is 1. The van der Waals surface area contributed by atoms with Crippen LogP contribution in [0.2, 0.25) is 0 Å². The summed E-state index contributed by atoms with van der Waals surface area (Å²) in [7, 11) is 0. The zero-order chi connectivity index (χ0) is 27.1. The minimum absolute atomic E-state index is 0.0150. The molecule has 1 aromatic carbocycles. The number of nitrogens with one attached hydrogen (secondary N) is 1. The molecule has 2 fully saturated rings. The van der Waals surface area contributed by atoms with Crippen molar-refractivity contribution in [3.63, 3.8) is 0 Å². The maximum atomic E-state index is 9.32. The topological polar surface area (TPSA) is 44.7 Å². The molecule has 4 heteroatoms. The van der Waals surface area contributed by atoms with E-state index >= 15 is 0 Å². The van der Waals surface area contributed by atoms with E-state index < -0.39 is 0 Å². The van der Waals surface area contributed by atoms with Gasteiger partial charge in [-0.3, -0.25) is 0 Å². The van der Waals surface area contributed by atoms with Crippen molar-refractivity contribution in [1.82, 2.24) is 10.2 Å². The van der Waals surface area contributed by atoms with Gasteiger partial charge in [-0.25, -0.2) is 0 Å². The predicted octanol–water partition coefficient (Wildman–Crippen LogP) is 6.70. The highest BCUT2D eigenvalue weighted by Gasteiger charge is 2.43. The summed E-state index contributed by atoms with van der Waals surface area (Å²) in [6.45, 7) is 23.7. The van der Waals surface area contributed by atoms with Crippen molar-refractivity contribution in [1.29, 1.82) is 0 Å². The molecule has 4 nitrogen and oxygen atoms in total. The van der Waals surface area contributed by atoms with Crippen molar-refractivity contribution in [2.75, 3.05) is 26.2 Å². The van der Waals surface area contributed by atoms with Crippen LogP contribution in [-0.4, -0.2) is 48.0 Å². The second-order valence-corrected chi connectivity index (χ2v) is 9.37. The molecule has 200 valence electrons. The second kappa shape index (κ2) is 16.3. The summed E-state index contributed by atoms with van der Waals surface area (Å²) in [5.41, 5.74) is 5.36. The smallest absolute Gasteiger partial charge is 0.0723 e. The summed E-state index contributed by atoms with van der Waals surface area (Å²) in [6.07, 6.45) is 14.2. The van der Waals surface area contributed by atoms with Crippen LogP contribution in [0.15, 0.2) is 54.9 Å². The van der Waals surface area contributed by atoms with E-state index in [2.05, 4.69) is 54.4 Å². The highest BCUT2D eigenvalue weighted by molar-refractivity contribution is 5.42. The number of benzene rings is 1. The van der Waals surface area contributed by atoms with Crippen LogP contribution < -0.4 is 5.32 Å². The first kappa shape index (κ1) is 31.5. The van der Waals surface area contributed by atoms with Crippen LogP contribution in [0.5, 0.6) is 0 Å². The number of likely N-dealkylation sites (tertiary alicyclic amines) is 1. The summed E-state index contributed by atoms with van der Waals surface area (Å²) in [5.74, 6) is 3.19. The Morgan fingerprint density at radius 1 is 1.25 bits per heavy atom. The molecular weight excluding hydrogens is 444 g/mol. The van der Waals surface area contributed by atoms with Gasteiger partial charge in [0.2, 0.25) is 0 Å². The normalized spacial score (nSPS) is 18.9. The fraction of sp³-hybridized carbons (Fsp3) is 0.562. The third-order valence-corrected chi connectivity index (χ3v) is 6.79. The monoisotopic (exact) mass is 494 g/mol. The van der Waals surface area contributed by atoms with Crippen molar-refractivity contribution < 1.29 is 9.84 Å². The molecule has 2 unspecified atom stereocenters. The quantitative estimate of drug-likeness (QED) is 0.228. The van der Waals surface area contributed by atoms with Gasteiger partial charge in [0.1, 0.15) is 0 Å². The molecule has 0 radical (unpaired) electrons. The Kier molecular flexibility index (Phi) is 14.3. The molecule has 2 aliphatic heterocycles. The van der Waals surface area contributed by atoms with Crippen LogP contribution >= 0.6 is 0 Å². The van der Waals surface area contributed by atoms with Crippen LogP contribution in [0.1, 0.15) is 89.3 Å². The molecule has 2 aliphatic rings. The number of aryl methyl sites for hydroxylation is 1. The van der Waals surface area contributed by atoms with E-state index in [1.54, 1.807) is 0 Å². The van der Waals surface area contributed by atoms with E-state index in [-0.39, 0.29) is 11.7 Å². The van der Waals surface area contributed by atoms with E-state index in [4.69, 9.17) is 11.2 Å². The van der Waals surface area contributed by atoms with Crippen LogP contribution in [0.25, 0.3) is 0 Å². The molecule has 2 heterocycles. The first-order valence-electron chi connectivity index (χ1n) is 13.8. The van der Waals surface area contributed by atoms with E-state index in [9.17, 15) is 5.11 Å². The average molecular weight is 495 g/mol. The van der Waals surface area contributed by atoms with Gasteiger partial charge in [0.05, 0.1) is 18.3 Å². The lowest BCUT2D eigenvalue weighted by molar-refractivity contribution is -0.0372. The van der Waals surface area contributed by atoms with Crippen molar-refractivity contribution in [3.8, 4) is 12.3 Å². The van der Waals surface area contributed by atoms with E-state index in [1.807, 2.05) is 46.8 Å². The Bertz CT molecular complexity index is 886. The maximum Gasteiger partial charge on any atom is 0.0723 e. The van der Waals surface area contributed by atoms with E-state index in [0.29, 0.717) is 5.92 Å². The lowest BCUT2D eigenvalue weighted by atomic mass is 9.82. The number of allylic oxidation sites excluding steroid dienone is 2. The number of hydrogen-bond donors (Lipinski definition) is 2. The van der Waals surface area contributed by atoms with Gasteiger partial charge in [0.25, 0.3) is 0 Å². The van der Waals surface area contributed by atoms with Gasteiger partial charge in [-0.2, -0.15) is 0 Å². The highest BCUT2D eigenvalue weighted by Crippen LogP contribution is 2.43. The summed E-state index contributed by atoms with van der Waals surface area (Å²) in [4.78, 5) is 2.34. The molecule has 0 amide bonds. The minimum Gasteiger partial charge on any atom is -0.393 e. The number of ether oxygens (including phenoxy) is 1. The Morgan fingerprint density at radius 3 is 2.50 bits per heavy atom. The molecule has 1 spiro atoms. The highest BCUT2D eigenvalue weighted by atomic mass is 16.5. The Hall–Kier alpha value is -2.48. The average Bonchev–Trinajstić information content (AvgIpc) is 3.31. The van der Waals surface area contributed by atoms with Gasteiger partial charge in [-0.05, 0) is 75.3 Å². The number of nitrogens with zero attached hydrogens (tertiary/aromatic N) is 1. The number of terminal acetylenes is 1. The van der Waals surface area contributed by atoms with Crippen LogP contribution in [-0.2, 0) is 4.74 Å². The molecule has 1 aromatic rings. The maximum absolute atomic E-state index is 9.32. The third kappa shape index (κ3) is 9.52. The first-order valence-corrected chi connectivity index (χ1v) is 13.8. The van der Waals surface area contributed by atoms with E-state index in [1.165, 1.54) is 11.1 Å². The third-order valence-electron chi connectivity index (χ3n) is 6.79. The minimum atomic E-state index is -0.250. The second-order valence-electron chi connectivity index (χ2n) is 9.37. The van der Waals surface area contributed by atoms with Crippen LogP contribution in [0.3, 0.4) is 0 Å². The number of hydrogen-bond acceptors (Lipinski definition) is 4. The largest absolute Gasteiger partial charge is 0.393 e. The zero-order valence-corrected chi connectivity index (χ0v) is 23.7. The number of piperidine rings is 1. The fourth-order valence-electron chi connectivity index (χ4n) is 4.72. The molecule has 0 saturated carbocycles. The predicted molar refractivity (Wildman–Crippen MR) is 155 cm³/mol. The van der Waals surface area contributed by atoms with E-state index in [0.717, 1.165) is 75.3 Å². The van der Waals surface area contributed by atoms with Gasteiger partial charge in [0, 0.05) is 42.5 Å². The molecule has 0 aliphatic carbocycles. The van der Waals surface area contributed by atoms with Gasteiger partial charge >= 0.3 is 0 Å². The molecule has 36 heavy (non-hydrogen) atoms. The molecule has 3 rings (SSSR count). The standard InChI is InChI=1S/C28H38N2O2.2C2H6/c1-6-25-11-12-26(18-21(25)2)27-19-28(32-20-27)13-16-30(17-14-28)23(4)10-9-22(3)29-15-7-8-24(5)31;2*1-2/h1,9-12,18,24,27,29,31H,3-4,7-8,13-17,19-20H2,2,5H3;2*1-2H3/b10-9-;;. The lowest BCUT2D eigenvalue weighted by Gasteiger charge is -2.40. The Morgan fingerprint density at radius 2 is 1.92 bits per heavy atom. The van der Waals surface area contributed by atoms with Crippen molar-refractivity contribution in [2.24, 2.45) is 0 Å². The molecule has 0 aromatic heterocycles. The van der Waals surface area contributed by atoms with Gasteiger partial charge < -0.3 is 20.1 Å². The zero-order valence-electron chi connectivity index (χ0n) is 23.7. The van der Waals surface area contributed by atoms with Gasteiger partial charge in [-0.15, -0.1) is 6.42 Å². The fourth-order valence-corrected chi connectivity index (χ4v) is 4.72. The summed E-state index contributed by atoms with van der Waals surface area (Å²) < 4.78 is 6.39. The molecular formula is C32H50N2O2. The number of aliphatic hydroxyl groups excluding tert-OH is 1. The van der Waals surface area contributed by atoms with Gasteiger partial charge in [0.15, 0.2) is 0 Å². The Labute approximate surface area is 221 Å². The molecule has 2 atom stereocenters.